The summed E-state index contributed by atoms with van der Waals surface area (Å²) in [6.45, 7) is 0. The number of carbonyl (C=O) groups excluding carboxylic acids is 4. The van der Waals surface area contributed by atoms with Crippen molar-refractivity contribution < 1.29 is 38.1 Å². The van der Waals surface area contributed by atoms with E-state index in [-0.39, 0.29) is 21.7 Å². The summed E-state index contributed by atoms with van der Waals surface area (Å²) in [5, 5.41) is -0.965. The highest BCUT2D eigenvalue weighted by Crippen LogP contribution is 2.42. The quantitative estimate of drug-likeness (QED) is 0.477. The van der Waals surface area contributed by atoms with Crippen LogP contribution < -0.4 is 0 Å². The molecule has 1 aliphatic rings. The first kappa shape index (κ1) is 20.6. The highest BCUT2D eigenvalue weighted by molar-refractivity contribution is 8.04. The second kappa shape index (κ2) is 8.56. The van der Waals surface area contributed by atoms with Gasteiger partial charge in [-0.2, -0.15) is 0 Å². The molecule has 0 fully saturated rings. The Morgan fingerprint density at radius 1 is 0.800 bits per heavy atom. The van der Waals surface area contributed by atoms with E-state index in [9.17, 15) is 19.2 Å². The minimum Gasteiger partial charge on any atom is -0.468 e. The van der Waals surface area contributed by atoms with Crippen LogP contribution in [0.3, 0.4) is 0 Å². The molecular formula is C15H19NO8S. The lowest BCUT2D eigenvalue weighted by Crippen LogP contribution is -2.36. The van der Waals surface area contributed by atoms with Crippen molar-refractivity contribution >= 4 is 35.6 Å². The van der Waals surface area contributed by atoms with Crippen LogP contribution in [0.1, 0.15) is 0 Å². The van der Waals surface area contributed by atoms with Crippen LogP contribution in [-0.4, -0.2) is 76.6 Å². The number of hydrogen-bond donors (Lipinski definition) is 0. The van der Waals surface area contributed by atoms with E-state index in [2.05, 4.69) is 4.74 Å². The first-order chi connectivity index (χ1) is 11.7. The lowest BCUT2D eigenvalue weighted by Gasteiger charge is -2.30. The monoisotopic (exact) mass is 373 g/mol. The predicted octanol–water partition coefficient (Wildman–Crippen LogP) is -0.136. The Kier molecular flexibility index (Phi) is 7.04. The molecule has 0 N–H and O–H groups in total. The van der Waals surface area contributed by atoms with Crippen LogP contribution in [0.15, 0.2) is 21.7 Å². The van der Waals surface area contributed by atoms with Crippen molar-refractivity contribution in [3.63, 3.8) is 0 Å². The van der Waals surface area contributed by atoms with Crippen LogP contribution in [0.25, 0.3) is 0 Å². The molecule has 0 amide bonds. The highest BCUT2D eigenvalue weighted by atomic mass is 32.2. The van der Waals surface area contributed by atoms with E-state index in [4.69, 9.17) is 14.2 Å². The summed E-state index contributed by atoms with van der Waals surface area (Å²) in [7, 11) is 7.67. The Bertz CT molecular complexity index is 664. The molecule has 1 rings (SSSR count). The van der Waals surface area contributed by atoms with Crippen LogP contribution in [0.4, 0.5) is 0 Å². The van der Waals surface area contributed by atoms with Crippen LogP contribution in [-0.2, 0) is 38.1 Å². The van der Waals surface area contributed by atoms with Crippen molar-refractivity contribution in [1.82, 2.24) is 4.90 Å². The molecule has 0 spiro atoms. The number of rotatable bonds is 5. The van der Waals surface area contributed by atoms with Crippen LogP contribution >= 0.6 is 11.8 Å². The second-order valence-corrected chi connectivity index (χ2v) is 5.95. The van der Waals surface area contributed by atoms with Gasteiger partial charge in [0.05, 0.1) is 44.6 Å². The van der Waals surface area contributed by atoms with Gasteiger partial charge in [0.15, 0.2) is 0 Å². The minimum absolute atomic E-state index is 0.190. The molecule has 1 atom stereocenters. The van der Waals surface area contributed by atoms with Crippen molar-refractivity contribution in [1.29, 1.82) is 0 Å². The summed E-state index contributed by atoms with van der Waals surface area (Å²) in [5.41, 5.74) is -0.916. The molecule has 0 saturated heterocycles. The Balaban J connectivity index is 3.89. The summed E-state index contributed by atoms with van der Waals surface area (Å²) in [6, 6.07) is 0. The van der Waals surface area contributed by atoms with Crippen LogP contribution in [0.2, 0.25) is 0 Å². The maximum Gasteiger partial charge on any atom is 0.341 e. The fourth-order valence-electron chi connectivity index (χ4n) is 2.13. The third-order valence-corrected chi connectivity index (χ3v) is 4.69. The number of carbonyl (C=O) groups is 4. The van der Waals surface area contributed by atoms with E-state index in [1.54, 1.807) is 14.1 Å². The van der Waals surface area contributed by atoms with E-state index in [0.29, 0.717) is 0 Å². The molecule has 0 aromatic heterocycles. The molecule has 9 nitrogen and oxygen atoms in total. The van der Waals surface area contributed by atoms with E-state index in [1.165, 1.54) is 4.90 Å². The molecular weight excluding hydrogens is 354 g/mol. The standard InChI is InChI=1S/C15H19NO8S/c1-16(2)11-9(14(19)23-5)7(12(17)21-3)8(13(18)22-4)10(25-11)15(20)24-6/h10H,1-6H3. The Hall–Kier alpha value is -2.49. The molecule has 0 radical (unpaired) electrons. The van der Waals surface area contributed by atoms with Gasteiger partial charge in [0.25, 0.3) is 0 Å². The summed E-state index contributed by atoms with van der Waals surface area (Å²) in [5.74, 6) is -3.58. The average Bonchev–Trinajstić information content (AvgIpc) is 2.63. The number of nitrogens with zero attached hydrogens (tertiary/aromatic N) is 1. The first-order valence-electron chi connectivity index (χ1n) is 6.90. The third-order valence-electron chi connectivity index (χ3n) is 3.23. The Morgan fingerprint density at radius 2 is 1.28 bits per heavy atom. The minimum atomic E-state index is -1.21. The zero-order chi connectivity index (χ0) is 19.3. The molecule has 10 heteroatoms. The van der Waals surface area contributed by atoms with Crippen molar-refractivity contribution in [2.24, 2.45) is 0 Å². The molecule has 0 aromatic carbocycles. The van der Waals surface area contributed by atoms with E-state index in [0.717, 1.165) is 40.2 Å². The van der Waals surface area contributed by atoms with Gasteiger partial charge in [-0.3, -0.25) is 4.79 Å². The van der Waals surface area contributed by atoms with E-state index in [1.807, 2.05) is 0 Å². The Morgan fingerprint density at radius 3 is 1.68 bits per heavy atom. The number of hydrogen-bond acceptors (Lipinski definition) is 10. The molecule has 25 heavy (non-hydrogen) atoms. The zero-order valence-corrected chi connectivity index (χ0v) is 15.5. The van der Waals surface area contributed by atoms with Gasteiger partial charge in [0, 0.05) is 14.1 Å². The summed E-state index contributed by atoms with van der Waals surface area (Å²) < 4.78 is 18.8. The van der Waals surface area contributed by atoms with Gasteiger partial charge in [0.2, 0.25) is 0 Å². The van der Waals surface area contributed by atoms with Gasteiger partial charge in [-0.1, -0.05) is 11.8 Å². The first-order valence-corrected chi connectivity index (χ1v) is 7.78. The highest BCUT2D eigenvalue weighted by Gasteiger charge is 2.45. The smallest absolute Gasteiger partial charge is 0.341 e. The third kappa shape index (κ3) is 3.95. The lowest BCUT2D eigenvalue weighted by molar-refractivity contribution is -0.143. The number of thioether (sulfide) groups is 1. The predicted molar refractivity (Wildman–Crippen MR) is 87.2 cm³/mol. The molecule has 138 valence electrons. The summed E-state index contributed by atoms with van der Waals surface area (Å²) in [6.07, 6.45) is 0. The lowest BCUT2D eigenvalue weighted by atomic mass is 9.96. The molecule has 0 aliphatic carbocycles. The summed E-state index contributed by atoms with van der Waals surface area (Å²) >= 11 is 0.871. The van der Waals surface area contributed by atoms with E-state index < -0.39 is 29.1 Å². The molecule has 1 unspecified atom stereocenters. The van der Waals surface area contributed by atoms with Crippen molar-refractivity contribution in [3.8, 4) is 0 Å². The number of ether oxygens (including phenoxy) is 4. The SMILES string of the molecule is COC(=O)C1=C(C(=O)OC)C(C(=O)OC)SC(N(C)C)=C1C(=O)OC. The van der Waals surface area contributed by atoms with Gasteiger partial charge >= 0.3 is 23.9 Å². The molecule has 0 bridgehead atoms. The maximum absolute atomic E-state index is 12.3. The van der Waals surface area contributed by atoms with Crippen molar-refractivity contribution in [2.75, 3.05) is 42.5 Å². The normalized spacial score (nSPS) is 17.0. The fourth-order valence-corrected chi connectivity index (χ4v) is 3.39. The van der Waals surface area contributed by atoms with Gasteiger partial charge in [-0.25, -0.2) is 14.4 Å². The van der Waals surface area contributed by atoms with Crippen molar-refractivity contribution in [3.05, 3.63) is 21.7 Å². The van der Waals surface area contributed by atoms with Gasteiger partial charge in [-0.05, 0) is 0 Å². The molecule has 0 saturated carbocycles. The fraction of sp³-hybridized carbons (Fsp3) is 0.467. The van der Waals surface area contributed by atoms with Gasteiger partial charge in [-0.15, -0.1) is 0 Å². The second-order valence-electron chi connectivity index (χ2n) is 4.86. The topological polar surface area (TPSA) is 108 Å². The average molecular weight is 373 g/mol. The summed E-state index contributed by atoms with van der Waals surface area (Å²) in [4.78, 5) is 50.6. The maximum atomic E-state index is 12.3. The van der Waals surface area contributed by atoms with Gasteiger partial charge in [0.1, 0.15) is 10.8 Å². The van der Waals surface area contributed by atoms with Crippen LogP contribution in [0.5, 0.6) is 0 Å². The number of esters is 4. The molecule has 1 aliphatic heterocycles. The Labute approximate surface area is 148 Å². The van der Waals surface area contributed by atoms with Crippen molar-refractivity contribution in [2.45, 2.75) is 5.25 Å². The van der Waals surface area contributed by atoms with E-state index >= 15 is 0 Å². The molecule has 0 aromatic rings. The van der Waals surface area contributed by atoms with Crippen LogP contribution in [0, 0.1) is 0 Å². The zero-order valence-electron chi connectivity index (χ0n) is 14.7. The number of methoxy groups -OCH3 is 4. The largest absolute Gasteiger partial charge is 0.468 e. The van der Waals surface area contributed by atoms with Gasteiger partial charge < -0.3 is 23.8 Å². The molecule has 1 heterocycles.